The van der Waals surface area contributed by atoms with Crippen molar-refractivity contribution < 1.29 is 62.5 Å². The first kappa shape index (κ1) is 39.1. The maximum absolute atomic E-state index is 12.0. The van der Waals surface area contributed by atoms with Crippen LogP contribution in [-0.4, -0.2) is 143 Å². The highest BCUT2D eigenvalue weighted by Crippen LogP contribution is 2.03. The van der Waals surface area contributed by atoms with Gasteiger partial charge in [0.1, 0.15) is 13.2 Å². The van der Waals surface area contributed by atoms with Gasteiger partial charge in [-0.3, -0.25) is 19.0 Å². The van der Waals surface area contributed by atoms with Crippen LogP contribution in [0.15, 0.2) is 12.4 Å². The number of aliphatic carboxylic acids is 2. The SMILES string of the molecule is O=C(O)CCCCn1cc(C(=O)OCCOCCOCCOCCOCCOCCOC(=O)c2cn(CCCCC(=O)O)nn2)nn1. The van der Waals surface area contributed by atoms with Gasteiger partial charge in [0.2, 0.25) is 0 Å². The van der Waals surface area contributed by atoms with Crippen molar-refractivity contribution in [3.8, 4) is 0 Å². The summed E-state index contributed by atoms with van der Waals surface area (Å²) in [6.07, 6.45) is 5.34. The summed E-state index contributed by atoms with van der Waals surface area (Å²) in [7, 11) is 0. The molecule has 0 aromatic carbocycles. The Hall–Kier alpha value is -4.04. The zero-order valence-corrected chi connectivity index (χ0v) is 26.4. The molecule has 0 fully saturated rings. The third-order valence-electron chi connectivity index (χ3n) is 5.96. The topological polar surface area (TPSA) is 235 Å². The summed E-state index contributed by atoms with van der Waals surface area (Å²) in [5.41, 5.74) is 0.151. The Kier molecular flexibility index (Phi) is 20.9. The number of carbonyl (C=O) groups is 4. The molecule has 0 saturated carbocycles. The van der Waals surface area contributed by atoms with Gasteiger partial charge in [-0.2, -0.15) is 0 Å². The largest absolute Gasteiger partial charge is 0.481 e. The lowest BCUT2D eigenvalue weighted by atomic mass is 10.2. The summed E-state index contributed by atoms with van der Waals surface area (Å²) in [4.78, 5) is 45.0. The number of unbranched alkanes of at least 4 members (excludes halogenated alkanes) is 2. The van der Waals surface area contributed by atoms with E-state index in [0.29, 0.717) is 91.6 Å². The summed E-state index contributed by atoms with van der Waals surface area (Å²) in [6, 6.07) is 0. The fourth-order valence-corrected chi connectivity index (χ4v) is 3.62. The summed E-state index contributed by atoms with van der Waals surface area (Å²) >= 11 is 0. The molecule has 47 heavy (non-hydrogen) atoms. The van der Waals surface area contributed by atoms with Crippen LogP contribution < -0.4 is 0 Å². The van der Waals surface area contributed by atoms with Crippen LogP contribution in [0, 0.1) is 0 Å². The van der Waals surface area contributed by atoms with E-state index in [2.05, 4.69) is 20.6 Å². The van der Waals surface area contributed by atoms with E-state index >= 15 is 0 Å². The van der Waals surface area contributed by atoms with Gasteiger partial charge >= 0.3 is 23.9 Å². The van der Waals surface area contributed by atoms with Gasteiger partial charge in [-0.25, -0.2) is 9.59 Å². The molecule has 2 aromatic rings. The van der Waals surface area contributed by atoms with Crippen LogP contribution in [-0.2, 0) is 55.8 Å². The van der Waals surface area contributed by atoms with E-state index in [4.69, 9.17) is 43.4 Å². The number of carboxylic acids is 2. The molecule has 0 aliphatic carbocycles. The number of ether oxygens (including phenoxy) is 7. The number of rotatable bonds is 30. The number of esters is 2. The predicted molar refractivity (Wildman–Crippen MR) is 158 cm³/mol. The van der Waals surface area contributed by atoms with Crippen LogP contribution in [0.5, 0.6) is 0 Å². The zero-order chi connectivity index (χ0) is 34.0. The van der Waals surface area contributed by atoms with Gasteiger partial charge in [-0.15, -0.1) is 10.2 Å². The number of aryl methyl sites for hydroxylation is 2. The van der Waals surface area contributed by atoms with E-state index in [1.165, 1.54) is 21.8 Å². The third-order valence-corrected chi connectivity index (χ3v) is 5.96. The van der Waals surface area contributed by atoms with Crippen molar-refractivity contribution in [2.75, 3.05) is 79.3 Å². The molecule has 0 unspecified atom stereocenters. The lowest BCUT2D eigenvalue weighted by Gasteiger charge is -2.08. The molecular weight excluding hydrogens is 628 g/mol. The van der Waals surface area contributed by atoms with E-state index in [9.17, 15) is 19.2 Å². The molecule has 2 N–H and O–H groups in total. The molecule has 19 nitrogen and oxygen atoms in total. The molecular formula is C28H44N6O13. The Bertz CT molecular complexity index is 1090. The second-order valence-electron chi connectivity index (χ2n) is 9.77. The Labute approximate surface area is 271 Å². The molecule has 0 amide bonds. The molecule has 2 heterocycles. The van der Waals surface area contributed by atoms with Crippen molar-refractivity contribution in [1.29, 1.82) is 0 Å². The van der Waals surface area contributed by atoms with Gasteiger partial charge in [0, 0.05) is 25.9 Å². The summed E-state index contributed by atoms with van der Waals surface area (Å²) in [6.45, 7) is 4.34. The number of hydrogen-bond donors (Lipinski definition) is 2. The molecule has 0 bridgehead atoms. The molecule has 0 aliphatic rings. The Morgan fingerprint density at radius 1 is 0.511 bits per heavy atom. The van der Waals surface area contributed by atoms with Crippen LogP contribution in [0.4, 0.5) is 0 Å². The highest BCUT2D eigenvalue weighted by atomic mass is 16.6. The quantitative estimate of drug-likeness (QED) is 0.0847. The van der Waals surface area contributed by atoms with Crippen molar-refractivity contribution in [2.45, 2.75) is 51.6 Å². The van der Waals surface area contributed by atoms with Gasteiger partial charge in [0.15, 0.2) is 11.4 Å². The van der Waals surface area contributed by atoms with E-state index in [-0.39, 0.29) is 50.7 Å². The Morgan fingerprint density at radius 2 is 0.830 bits per heavy atom. The standard InChI is InChI=1S/C28H44N6O13/c35-25(36)5-1-3-7-33-21-23(29-31-33)27(39)46-19-17-44-15-13-42-11-9-41-10-12-43-14-16-45-18-20-47-28(40)24-22-34(32-30-24)8-4-2-6-26(37)38/h21-22H,1-20H2,(H,35,36)(H,37,38). The minimum absolute atomic E-state index is 0.0532. The molecule has 0 spiro atoms. The number of carbonyl (C=O) groups excluding carboxylic acids is 2. The first-order valence-electron chi connectivity index (χ1n) is 15.3. The average molecular weight is 673 g/mol. The number of carboxylic acid groups (broad SMARTS) is 2. The number of hydrogen-bond acceptors (Lipinski definition) is 15. The van der Waals surface area contributed by atoms with Crippen LogP contribution in [0.1, 0.15) is 59.5 Å². The van der Waals surface area contributed by atoms with Crippen LogP contribution in [0.25, 0.3) is 0 Å². The van der Waals surface area contributed by atoms with Gasteiger partial charge in [-0.1, -0.05) is 10.4 Å². The van der Waals surface area contributed by atoms with E-state index in [0.717, 1.165) is 0 Å². The van der Waals surface area contributed by atoms with E-state index in [1.807, 2.05) is 0 Å². The zero-order valence-electron chi connectivity index (χ0n) is 26.4. The van der Waals surface area contributed by atoms with Crippen LogP contribution >= 0.6 is 0 Å². The predicted octanol–water partition coefficient (Wildman–Crippen LogP) is 0.476. The lowest BCUT2D eigenvalue weighted by Crippen LogP contribution is -2.15. The molecule has 2 rings (SSSR count). The average Bonchev–Trinajstić information content (AvgIpc) is 3.72. The molecule has 0 aliphatic heterocycles. The normalized spacial score (nSPS) is 11.1. The van der Waals surface area contributed by atoms with Crippen molar-refractivity contribution in [1.82, 2.24) is 30.0 Å². The minimum atomic E-state index is -0.849. The second-order valence-corrected chi connectivity index (χ2v) is 9.77. The molecule has 2 aromatic heterocycles. The molecule has 19 heteroatoms. The smallest absolute Gasteiger partial charge is 0.360 e. The monoisotopic (exact) mass is 672 g/mol. The summed E-state index contributed by atoms with van der Waals surface area (Å²) in [5.74, 6) is -2.92. The van der Waals surface area contributed by atoms with Crippen LogP contribution in [0.2, 0.25) is 0 Å². The molecule has 264 valence electrons. The van der Waals surface area contributed by atoms with Gasteiger partial charge in [-0.05, 0) is 25.7 Å². The van der Waals surface area contributed by atoms with Crippen molar-refractivity contribution in [3.63, 3.8) is 0 Å². The summed E-state index contributed by atoms with van der Waals surface area (Å²) in [5, 5.41) is 32.5. The fraction of sp³-hybridized carbons (Fsp3) is 0.714. The fourth-order valence-electron chi connectivity index (χ4n) is 3.62. The van der Waals surface area contributed by atoms with Crippen molar-refractivity contribution in [2.24, 2.45) is 0 Å². The lowest BCUT2D eigenvalue weighted by molar-refractivity contribution is -0.138. The van der Waals surface area contributed by atoms with E-state index < -0.39 is 23.9 Å². The molecule has 0 atom stereocenters. The number of aromatic nitrogens is 6. The first-order valence-corrected chi connectivity index (χ1v) is 15.3. The maximum atomic E-state index is 12.0. The summed E-state index contributed by atoms with van der Waals surface area (Å²) < 4.78 is 40.1. The highest BCUT2D eigenvalue weighted by molar-refractivity contribution is 5.87. The van der Waals surface area contributed by atoms with Crippen molar-refractivity contribution >= 4 is 23.9 Å². The third kappa shape index (κ3) is 19.9. The number of nitrogens with zero attached hydrogens (tertiary/aromatic N) is 6. The van der Waals surface area contributed by atoms with Gasteiger partial charge in [0.05, 0.1) is 78.5 Å². The van der Waals surface area contributed by atoms with Crippen LogP contribution in [0.3, 0.4) is 0 Å². The Morgan fingerprint density at radius 3 is 1.15 bits per heavy atom. The maximum Gasteiger partial charge on any atom is 0.360 e. The van der Waals surface area contributed by atoms with Gasteiger partial charge in [0.25, 0.3) is 0 Å². The first-order chi connectivity index (χ1) is 22.8. The molecule has 0 radical (unpaired) electrons. The van der Waals surface area contributed by atoms with Crippen molar-refractivity contribution in [3.05, 3.63) is 23.8 Å². The second kappa shape index (κ2) is 25.1. The van der Waals surface area contributed by atoms with E-state index in [1.54, 1.807) is 0 Å². The highest BCUT2D eigenvalue weighted by Gasteiger charge is 2.13. The Balaban J connectivity index is 1.30. The minimum Gasteiger partial charge on any atom is -0.481 e. The van der Waals surface area contributed by atoms with Gasteiger partial charge < -0.3 is 43.4 Å². The molecule has 0 saturated heterocycles.